The standard InChI is InChI=1S/C9H13N5O/c1-4-5(2)14(3)7-6(11-4)8(15)13-9(10)12-7/h4-5H,1-3H3,(H2,10,13,15). The van der Waals surface area contributed by atoms with Crippen LogP contribution in [0.4, 0.5) is 0 Å². The lowest BCUT2D eigenvalue weighted by molar-refractivity contribution is -0.111. The fraction of sp³-hybridized carbons (Fsp3) is 0.556. The minimum atomic E-state index is -0.400. The van der Waals surface area contributed by atoms with Crippen LogP contribution in [0.1, 0.15) is 13.8 Å². The van der Waals surface area contributed by atoms with E-state index in [0.717, 1.165) is 0 Å². The van der Waals surface area contributed by atoms with Crippen LogP contribution < -0.4 is 5.73 Å². The maximum absolute atomic E-state index is 11.5. The van der Waals surface area contributed by atoms with E-state index in [-0.39, 0.29) is 18.0 Å². The Kier molecular flexibility index (Phi) is 2.06. The highest BCUT2D eigenvalue weighted by molar-refractivity contribution is 6.69. The van der Waals surface area contributed by atoms with E-state index >= 15 is 0 Å². The van der Waals surface area contributed by atoms with Gasteiger partial charge in [-0.05, 0) is 13.8 Å². The first kappa shape index (κ1) is 9.82. The molecule has 0 aliphatic carbocycles. The summed E-state index contributed by atoms with van der Waals surface area (Å²) in [6.45, 7) is 3.99. The lowest BCUT2D eigenvalue weighted by Crippen LogP contribution is -2.52. The van der Waals surface area contributed by atoms with Gasteiger partial charge in [0.15, 0.2) is 11.5 Å². The molecule has 1 amide bonds. The Bertz CT molecular complexity index is 409. The molecule has 0 aromatic carbocycles. The first-order valence-electron chi connectivity index (χ1n) is 4.79. The van der Waals surface area contributed by atoms with E-state index in [4.69, 9.17) is 5.73 Å². The predicted octanol–water partition coefficient (Wildman–Crippen LogP) is -0.597. The molecule has 6 heteroatoms. The Morgan fingerprint density at radius 2 is 2.00 bits per heavy atom. The summed E-state index contributed by atoms with van der Waals surface area (Å²) in [6.07, 6.45) is 0. The minimum Gasteiger partial charge on any atom is -0.368 e. The second kappa shape index (κ2) is 3.15. The van der Waals surface area contributed by atoms with Gasteiger partial charge < -0.3 is 10.6 Å². The molecule has 2 N–H and O–H groups in total. The number of fused-ring (bicyclic) bond motifs is 1. The number of guanidine groups is 1. The highest BCUT2D eigenvalue weighted by Gasteiger charge is 2.34. The predicted molar refractivity (Wildman–Crippen MR) is 58.2 cm³/mol. The summed E-state index contributed by atoms with van der Waals surface area (Å²) in [5.74, 6) is 0.128. The average Bonchev–Trinajstić information content (AvgIpc) is 2.17. The number of nitrogens with zero attached hydrogens (tertiary/aromatic N) is 4. The third-order valence-electron chi connectivity index (χ3n) is 2.83. The topological polar surface area (TPSA) is 83.4 Å². The van der Waals surface area contributed by atoms with Crippen LogP contribution in [-0.4, -0.2) is 47.4 Å². The highest BCUT2D eigenvalue weighted by atomic mass is 16.1. The van der Waals surface area contributed by atoms with Crippen molar-refractivity contribution in [1.82, 2.24) is 4.90 Å². The molecule has 80 valence electrons. The van der Waals surface area contributed by atoms with E-state index < -0.39 is 5.91 Å². The summed E-state index contributed by atoms with van der Waals surface area (Å²) in [4.78, 5) is 25.3. The third-order valence-corrected chi connectivity index (χ3v) is 2.83. The molecule has 2 unspecified atom stereocenters. The minimum absolute atomic E-state index is 0.00236. The van der Waals surface area contributed by atoms with Crippen molar-refractivity contribution in [2.45, 2.75) is 25.9 Å². The molecular formula is C9H13N5O. The van der Waals surface area contributed by atoms with Crippen molar-refractivity contribution in [1.29, 1.82) is 0 Å². The summed E-state index contributed by atoms with van der Waals surface area (Å²) < 4.78 is 0. The van der Waals surface area contributed by atoms with Crippen molar-refractivity contribution >= 4 is 23.4 Å². The van der Waals surface area contributed by atoms with Gasteiger partial charge in [0, 0.05) is 13.1 Å². The SMILES string of the molecule is CC1N=C2C(=O)N=C(N)N=C2N(C)C1C. The molecule has 0 saturated heterocycles. The Labute approximate surface area is 87.6 Å². The molecule has 2 atom stereocenters. The zero-order valence-corrected chi connectivity index (χ0v) is 8.93. The number of rotatable bonds is 0. The van der Waals surface area contributed by atoms with Gasteiger partial charge in [-0.1, -0.05) is 0 Å². The van der Waals surface area contributed by atoms with Gasteiger partial charge in [-0.15, -0.1) is 0 Å². The normalized spacial score (nSPS) is 30.5. The number of hydrogen-bond acceptors (Lipinski definition) is 5. The van der Waals surface area contributed by atoms with Gasteiger partial charge >= 0.3 is 5.91 Å². The van der Waals surface area contributed by atoms with Crippen molar-refractivity contribution in [3.63, 3.8) is 0 Å². The second-order valence-electron chi connectivity index (χ2n) is 3.78. The number of likely N-dealkylation sites (N-methyl/N-ethyl adjacent to an activating group) is 1. The smallest absolute Gasteiger partial charge is 0.302 e. The molecule has 0 aromatic heterocycles. The summed E-state index contributed by atoms with van der Waals surface area (Å²) in [5, 5.41) is 0. The number of amidine groups is 1. The number of aliphatic imine (C=N–C) groups is 3. The molecule has 2 aliphatic rings. The molecule has 2 aliphatic heterocycles. The Morgan fingerprint density at radius 3 is 2.67 bits per heavy atom. The Morgan fingerprint density at radius 1 is 1.33 bits per heavy atom. The summed E-state index contributed by atoms with van der Waals surface area (Å²) >= 11 is 0. The summed E-state index contributed by atoms with van der Waals surface area (Å²) in [5.41, 5.74) is 5.75. The van der Waals surface area contributed by atoms with Crippen LogP contribution in [0.25, 0.3) is 0 Å². The molecule has 0 radical (unpaired) electrons. The third kappa shape index (κ3) is 1.42. The van der Waals surface area contributed by atoms with Crippen LogP contribution in [-0.2, 0) is 4.79 Å². The van der Waals surface area contributed by atoms with Crippen molar-refractivity contribution in [2.75, 3.05) is 7.05 Å². The highest BCUT2D eigenvalue weighted by Crippen LogP contribution is 2.16. The molecule has 0 aromatic rings. The number of hydrogen-bond donors (Lipinski definition) is 1. The first-order valence-corrected chi connectivity index (χ1v) is 4.79. The summed E-state index contributed by atoms with van der Waals surface area (Å²) in [7, 11) is 1.88. The fourth-order valence-corrected chi connectivity index (χ4v) is 1.63. The zero-order chi connectivity index (χ0) is 11.2. The lowest BCUT2D eigenvalue weighted by atomic mass is 10.1. The van der Waals surface area contributed by atoms with Crippen LogP contribution in [0.3, 0.4) is 0 Å². The maximum atomic E-state index is 11.5. The lowest BCUT2D eigenvalue weighted by Gasteiger charge is -2.35. The zero-order valence-electron chi connectivity index (χ0n) is 8.93. The van der Waals surface area contributed by atoms with Crippen LogP contribution in [0.2, 0.25) is 0 Å². The number of amides is 1. The molecule has 0 bridgehead atoms. The van der Waals surface area contributed by atoms with Crippen molar-refractivity contribution < 1.29 is 4.79 Å². The monoisotopic (exact) mass is 207 g/mol. The number of carbonyl (C=O) groups excluding carboxylic acids is 1. The van der Waals surface area contributed by atoms with Crippen molar-refractivity contribution in [2.24, 2.45) is 20.7 Å². The largest absolute Gasteiger partial charge is 0.368 e. The molecule has 2 heterocycles. The van der Waals surface area contributed by atoms with Crippen molar-refractivity contribution in [3.8, 4) is 0 Å². The van der Waals surface area contributed by atoms with Crippen LogP contribution >= 0.6 is 0 Å². The van der Waals surface area contributed by atoms with Gasteiger partial charge in [0.1, 0.15) is 0 Å². The van der Waals surface area contributed by atoms with Gasteiger partial charge in [0.2, 0.25) is 5.96 Å². The molecule has 0 spiro atoms. The van der Waals surface area contributed by atoms with Gasteiger partial charge in [-0.25, -0.2) is 0 Å². The van der Waals surface area contributed by atoms with Gasteiger partial charge in [-0.2, -0.15) is 9.98 Å². The van der Waals surface area contributed by atoms with E-state index in [9.17, 15) is 4.79 Å². The molecule has 2 rings (SSSR count). The molecule has 15 heavy (non-hydrogen) atoms. The fourth-order valence-electron chi connectivity index (χ4n) is 1.63. The number of nitrogens with two attached hydrogens (primary N) is 1. The van der Waals surface area contributed by atoms with Crippen molar-refractivity contribution in [3.05, 3.63) is 0 Å². The van der Waals surface area contributed by atoms with E-state index in [2.05, 4.69) is 15.0 Å². The average molecular weight is 207 g/mol. The van der Waals surface area contributed by atoms with E-state index in [0.29, 0.717) is 11.5 Å². The molecular weight excluding hydrogens is 194 g/mol. The van der Waals surface area contributed by atoms with Crippen LogP contribution in [0.5, 0.6) is 0 Å². The molecule has 0 fully saturated rings. The maximum Gasteiger partial charge on any atom is 0.302 e. The number of carbonyl (C=O) groups is 1. The second-order valence-corrected chi connectivity index (χ2v) is 3.78. The Balaban J connectivity index is 2.51. The first-order chi connectivity index (χ1) is 7.00. The Hall–Kier alpha value is -1.72. The van der Waals surface area contributed by atoms with Crippen LogP contribution in [0.15, 0.2) is 15.0 Å². The summed E-state index contributed by atoms with van der Waals surface area (Å²) in [6, 6.07) is 0.258. The van der Waals surface area contributed by atoms with E-state index in [1.54, 1.807) is 0 Å². The molecule has 0 saturated carbocycles. The van der Waals surface area contributed by atoms with E-state index in [1.165, 1.54) is 0 Å². The van der Waals surface area contributed by atoms with Gasteiger partial charge in [0.05, 0.1) is 6.04 Å². The van der Waals surface area contributed by atoms with E-state index in [1.807, 2.05) is 25.8 Å². The van der Waals surface area contributed by atoms with Gasteiger partial charge in [-0.3, -0.25) is 9.79 Å². The quantitative estimate of drug-likeness (QED) is 0.576. The van der Waals surface area contributed by atoms with Crippen LogP contribution in [0, 0.1) is 0 Å². The molecule has 6 nitrogen and oxygen atoms in total. The van der Waals surface area contributed by atoms with Gasteiger partial charge in [0.25, 0.3) is 0 Å².